The second kappa shape index (κ2) is 9.17. The second-order valence-electron chi connectivity index (χ2n) is 6.97. The average molecular weight is 406 g/mol. The summed E-state index contributed by atoms with van der Waals surface area (Å²) in [6.07, 6.45) is 4.77. The summed E-state index contributed by atoms with van der Waals surface area (Å²) in [7, 11) is 3.53. The third kappa shape index (κ3) is 5.20. The molecule has 154 valence electrons. The van der Waals surface area contributed by atoms with Crippen molar-refractivity contribution < 1.29 is 14.0 Å². The van der Waals surface area contributed by atoms with Crippen LogP contribution < -0.4 is 5.32 Å². The maximum absolute atomic E-state index is 13.2. The first-order valence-corrected chi connectivity index (χ1v) is 9.41. The Morgan fingerprint density at radius 1 is 1.13 bits per heavy atom. The predicted molar refractivity (Wildman–Crippen MR) is 115 cm³/mol. The smallest absolute Gasteiger partial charge is 0.248 e. The minimum atomic E-state index is -0.309. The first kappa shape index (κ1) is 21.0. The van der Waals surface area contributed by atoms with Crippen LogP contribution in [0.5, 0.6) is 0 Å². The molecule has 6 nitrogen and oxygen atoms in total. The van der Waals surface area contributed by atoms with Gasteiger partial charge in [0.15, 0.2) is 0 Å². The first-order chi connectivity index (χ1) is 14.3. The van der Waals surface area contributed by atoms with Gasteiger partial charge in [-0.25, -0.2) is 4.39 Å². The Morgan fingerprint density at radius 2 is 1.80 bits per heavy atom. The third-order valence-electron chi connectivity index (χ3n) is 4.68. The molecule has 0 fully saturated rings. The molecule has 1 N–H and O–H groups in total. The van der Waals surface area contributed by atoms with Crippen LogP contribution in [0.4, 0.5) is 10.1 Å². The van der Waals surface area contributed by atoms with Crippen molar-refractivity contribution in [2.24, 2.45) is 7.05 Å². The lowest BCUT2D eigenvalue weighted by atomic mass is 10.1. The van der Waals surface area contributed by atoms with Crippen molar-refractivity contribution in [3.63, 3.8) is 0 Å². The highest BCUT2D eigenvalue weighted by atomic mass is 19.1. The highest BCUT2D eigenvalue weighted by molar-refractivity contribution is 6.02. The summed E-state index contributed by atoms with van der Waals surface area (Å²) in [4.78, 5) is 25.2. The quantitative estimate of drug-likeness (QED) is 0.632. The van der Waals surface area contributed by atoms with Crippen LogP contribution >= 0.6 is 0 Å². The molecular weight excluding hydrogens is 383 g/mol. The Labute approximate surface area is 174 Å². The van der Waals surface area contributed by atoms with Crippen LogP contribution in [0.3, 0.4) is 0 Å². The van der Waals surface area contributed by atoms with Crippen molar-refractivity contribution in [3.05, 3.63) is 77.7 Å². The van der Waals surface area contributed by atoms with Gasteiger partial charge in [0.05, 0.1) is 11.9 Å². The summed E-state index contributed by atoms with van der Waals surface area (Å²) < 4.78 is 14.9. The van der Waals surface area contributed by atoms with Crippen molar-refractivity contribution in [1.29, 1.82) is 0 Å². The number of halogens is 1. The minimum absolute atomic E-state index is 0.00655. The molecule has 0 spiro atoms. The van der Waals surface area contributed by atoms with E-state index in [1.165, 1.54) is 25.1 Å². The van der Waals surface area contributed by atoms with Gasteiger partial charge in [-0.05, 0) is 48.0 Å². The van der Waals surface area contributed by atoms with Gasteiger partial charge in [-0.15, -0.1) is 0 Å². The number of rotatable bonds is 6. The Hall–Kier alpha value is -3.74. The molecule has 7 heteroatoms. The van der Waals surface area contributed by atoms with Gasteiger partial charge in [-0.1, -0.05) is 12.1 Å². The lowest BCUT2D eigenvalue weighted by molar-refractivity contribution is -0.128. The summed E-state index contributed by atoms with van der Waals surface area (Å²) in [6, 6.07) is 13.5. The lowest BCUT2D eigenvalue weighted by Gasteiger charge is -2.14. The van der Waals surface area contributed by atoms with Crippen LogP contribution in [-0.4, -0.2) is 33.5 Å². The van der Waals surface area contributed by atoms with Gasteiger partial charge in [-0.3, -0.25) is 14.3 Å². The monoisotopic (exact) mass is 406 g/mol. The highest BCUT2D eigenvalue weighted by Gasteiger charge is 2.10. The summed E-state index contributed by atoms with van der Waals surface area (Å²) in [5.41, 5.74) is 3.98. The maximum Gasteiger partial charge on any atom is 0.248 e. The highest BCUT2D eigenvalue weighted by Crippen LogP contribution is 2.24. The van der Waals surface area contributed by atoms with Gasteiger partial charge in [0.25, 0.3) is 0 Å². The molecule has 3 aromatic rings. The lowest BCUT2D eigenvalue weighted by Crippen LogP contribution is -2.22. The van der Waals surface area contributed by atoms with Crippen molar-refractivity contribution in [2.45, 2.75) is 13.5 Å². The van der Waals surface area contributed by atoms with E-state index in [9.17, 15) is 14.0 Å². The van der Waals surface area contributed by atoms with E-state index >= 15 is 0 Å². The predicted octanol–water partition coefficient (Wildman–Crippen LogP) is 3.86. The summed E-state index contributed by atoms with van der Waals surface area (Å²) in [5.74, 6) is -0.596. The molecule has 30 heavy (non-hydrogen) atoms. The van der Waals surface area contributed by atoms with Gasteiger partial charge in [0, 0.05) is 50.5 Å². The zero-order valence-corrected chi connectivity index (χ0v) is 17.1. The minimum Gasteiger partial charge on any atom is -0.342 e. The van der Waals surface area contributed by atoms with E-state index < -0.39 is 0 Å². The molecule has 0 aliphatic rings. The van der Waals surface area contributed by atoms with E-state index in [4.69, 9.17) is 0 Å². The van der Waals surface area contributed by atoms with Crippen molar-refractivity contribution >= 4 is 23.6 Å². The van der Waals surface area contributed by atoms with Crippen molar-refractivity contribution in [3.8, 4) is 11.3 Å². The van der Waals surface area contributed by atoms with Crippen LogP contribution in [0.15, 0.2) is 60.8 Å². The van der Waals surface area contributed by atoms with E-state index in [2.05, 4.69) is 10.4 Å². The molecule has 2 amide bonds. The van der Waals surface area contributed by atoms with Gasteiger partial charge in [0.1, 0.15) is 5.82 Å². The number of carbonyl (C=O) groups excluding carboxylic acids is 2. The average Bonchev–Trinajstić information content (AvgIpc) is 3.09. The molecule has 3 rings (SSSR count). The van der Waals surface area contributed by atoms with Crippen molar-refractivity contribution in [1.82, 2.24) is 14.7 Å². The van der Waals surface area contributed by atoms with E-state index in [-0.39, 0.29) is 17.6 Å². The Morgan fingerprint density at radius 3 is 2.43 bits per heavy atom. The number of carbonyl (C=O) groups is 2. The normalized spacial score (nSPS) is 10.9. The zero-order valence-electron chi connectivity index (χ0n) is 17.1. The van der Waals surface area contributed by atoms with Crippen LogP contribution in [-0.2, 0) is 23.2 Å². The molecule has 1 aromatic heterocycles. The molecule has 1 heterocycles. The Kier molecular flexibility index (Phi) is 6.41. The number of aryl methyl sites for hydroxylation is 1. The Bertz CT molecular complexity index is 1070. The van der Waals surface area contributed by atoms with E-state index in [0.717, 1.165) is 22.4 Å². The second-order valence-corrected chi connectivity index (χ2v) is 6.97. The molecule has 2 aromatic carbocycles. The van der Waals surface area contributed by atoms with Crippen LogP contribution in [0.2, 0.25) is 0 Å². The van der Waals surface area contributed by atoms with E-state index in [1.807, 2.05) is 12.1 Å². The number of nitrogens with one attached hydrogen (secondary N) is 1. The number of anilines is 1. The molecule has 0 saturated carbocycles. The standard InChI is InChI=1S/C23H23FN4O2/c1-16(29)27(2)15-17-4-11-21(12-5-17)26-22(30)13-8-19-14-25-28(3)23(19)18-6-9-20(24)10-7-18/h4-14H,15H2,1-3H3,(H,26,30)/b13-8+. The topological polar surface area (TPSA) is 67.2 Å². The molecule has 0 bridgehead atoms. The fraction of sp³-hybridized carbons (Fsp3) is 0.174. The third-order valence-corrected chi connectivity index (χ3v) is 4.68. The molecule has 0 unspecified atom stereocenters. The van der Waals surface area contributed by atoms with Crippen LogP contribution in [0.1, 0.15) is 18.1 Å². The number of amides is 2. The molecule has 0 atom stereocenters. The molecule has 0 saturated heterocycles. The molecular formula is C23H23FN4O2. The van der Waals surface area contributed by atoms with Crippen molar-refractivity contribution in [2.75, 3.05) is 12.4 Å². The van der Waals surface area contributed by atoms with Crippen LogP contribution in [0, 0.1) is 5.82 Å². The van der Waals surface area contributed by atoms with E-state index in [1.54, 1.807) is 60.2 Å². The van der Waals surface area contributed by atoms with Gasteiger partial charge in [-0.2, -0.15) is 5.10 Å². The maximum atomic E-state index is 13.2. The fourth-order valence-electron chi connectivity index (χ4n) is 2.97. The molecule has 0 aliphatic carbocycles. The van der Waals surface area contributed by atoms with Crippen LogP contribution in [0.25, 0.3) is 17.3 Å². The first-order valence-electron chi connectivity index (χ1n) is 9.41. The van der Waals surface area contributed by atoms with E-state index in [0.29, 0.717) is 12.2 Å². The number of hydrogen-bond acceptors (Lipinski definition) is 3. The number of hydrogen-bond donors (Lipinski definition) is 1. The summed E-state index contributed by atoms with van der Waals surface area (Å²) >= 11 is 0. The number of nitrogens with zero attached hydrogens (tertiary/aromatic N) is 3. The Balaban J connectivity index is 1.67. The fourth-order valence-corrected chi connectivity index (χ4v) is 2.97. The number of benzene rings is 2. The SMILES string of the molecule is CC(=O)N(C)Cc1ccc(NC(=O)/C=C/c2cnn(C)c2-c2ccc(F)cc2)cc1. The zero-order chi connectivity index (χ0) is 21.7. The molecule has 0 aliphatic heterocycles. The largest absolute Gasteiger partial charge is 0.342 e. The van der Waals surface area contributed by atoms with Gasteiger partial charge >= 0.3 is 0 Å². The molecule has 0 radical (unpaired) electrons. The van der Waals surface area contributed by atoms with Gasteiger partial charge in [0.2, 0.25) is 11.8 Å². The van der Waals surface area contributed by atoms with Gasteiger partial charge < -0.3 is 10.2 Å². The summed E-state index contributed by atoms with van der Waals surface area (Å²) in [6.45, 7) is 2.03. The summed E-state index contributed by atoms with van der Waals surface area (Å²) in [5, 5.41) is 7.04. The number of aromatic nitrogens is 2.